The molecule has 30 heavy (non-hydrogen) atoms. The average molecular weight is 443 g/mol. The van der Waals surface area contributed by atoms with Crippen LogP contribution in [0.3, 0.4) is 0 Å². The summed E-state index contributed by atoms with van der Waals surface area (Å²) in [5.74, 6) is -0.645. The smallest absolute Gasteiger partial charge is 0.352 e. The summed E-state index contributed by atoms with van der Waals surface area (Å²) >= 11 is 0. The topological polar surface area (TPSA) is 95.6 Å². The molecule has 0 bridgehead atoms. The van der Waals surface area contributed by atoms with Gasteiger partial charge in [-0.2, -0.15) is 13.2 Å². The summed E-state index contributed by atoms with van der Waals surface area (Å²) in [4.78, 5) is 24.7. The van der Waals surface area contributed by atoms with Crippen LogP contribution in [-0.4, -0.2) is 45.8 Å². The number of carbonyl (C=O) groups is 2. The van der Waals surface area contributed by atoms with Crippen molar-refractivity contribution >= 4 is 27.5 Å². The monoisotopic (exact) mass is 443 g/mol. The fourth-order valence-electron chi connectivity index (χ4n) is 2.37. The van der Waals surface area contributed by atoms with Crippen molar-refractivity contribution in [2.75, 3.05) is 25.4 Å². The number of halogens is 3. The molecule has 0 fully saturated rings. The van der Waals surface area contributed by atoms with Crippen LogP contribution in [-0.2, 0) is 21.0 Å². The second kappa shape index (κ2) is 9.16. The summed E-state index contributed by atoms with van der Waals surface area (Å²) in [7, 11) is -0.967. The Kier molecular flexibility index (Phi) is 7.08. The number of carbonyl (C=O) groups excluding carboxylic acids is 2. The molecule has 2 aromatic rings. The van der Waals surface area contributed by atoms with Crippen LogP contribution in [0.25, 0.3) is 0 Å². The van der Waals surface area contributed by atoms with Gasteiger partial charge in [-0.05, 0) is 42.5 Å². The van der Waals surface area contributed by atoms with Crippen molar-refractivity contribution in [3.63, 3.8) is 0 Å². The van der Waals surface area contributed by atoms with E-state index in [1.807, 2.05) is 0 Å². The third kappa shape index (κ3) is 6.21. The lowest BCUT2D eigenvalue weighted by molar-refractivity contribution is -0.137. The molecule has 0 atom stereocenters. The predicted molar refractivity (Wildman–Crippen MR) is 104 cm³/mol. The molecular weight excluding hydrogens is 423 g/mol. The van der Waals surface area contributed by atoms with Crippen molar-refractivity contribution in [3.8, 4) is 0 Å². The van der Waals surface area contributed by atoms with Gasteiger partial charge >= 0.3 is 6.18 Å². The molecule has 11 heteroatoms. The van der Waals surface area contributed by atoms with Gasteiger partial charge in [-0.3, -0.25) is 14.3 Å². The van der Waals surface area contributed by atoms with Crippen molar-refractivity contribution in [3.05, 3.63) is 59.7 Å². The summed E-state index contributed by atoms with van der Waals surface area (Å²) in [6, 6.07) is 8.67. The molecule has 2 aromatic carbocycles. The minimum atomic E-state index is -4.60. The second-order valence-corrected chi connectivity index (χ2v) is 8.18. The van der Waals surface area contributed by atoms with Gasteiger partial charge in [-0.25, -0.2) is 8.42 Å². The number of rotatable bonds is 7. The molecule has 0 aliphatic rings. The van der Waals surface area contributed by atoms with Gasteiger partial charge in [-0.1, -0.05) is 6.07 Å². The summed E-state index contributed by atoms with van der Waals surface area (Å²) in [5, 5.41) is 2.55. The lowest BCUT2D eigenvalue weighted by atomic mass is 10.2. The van der Waals surface area contributed by atoms with Gasteiger partial charge < -0.3 is 10.2 Å². The molecule has 0 spiro atoms. The molecule has 7 nitrogen and oxygen atoms in total. The number of hydrogen-bond acceptors (Lipinski definition) is 4. The molecule has 0 radical (unpaired) electrons. The fourth-order valence-corrected chi connectivity index (χ4v) is 3.42. The average Bonchev–Trinajstić information content (AvgIpc) is 2.67. The molecule has 0 heterocycles. The Hall–Kier alpha value is -3.08. The van der Waals surface area contributed by atoms with Crippen LogP contribution in [0.2, 0.25) is 0 Å². The number of benzene rings is 2. The lowest BCUT2D eigenvalue weighted by Gasteiger charge is -2.12. The highest BCUT2D eigenvalue weighted by atomic mass is 32.2. The molecule has 2 rings (SSSR count). The van der Waals surface area contributed by atoms with Crippen molar-refractivity contribution in [1.29, 1.82) is 0 Å². The Labute approximate surface area is 171 Å². The van der Waals surface area contributed by atoms with Crippen molar-refractivity contribution < 1.29 is 31.2 Å². The normalized spacial score (nSPS) is 11.6. The number of nitrogens with one attached hydrogen (secondary N) is 2. The predicted octanol–water partition coefficient (Wildman–Crippen LogP) is 2.71. The molecule has 0 aliphatic heterocycles. The summed E-state index contributed by atoms with van der Waals surface area (Å²) in [6.07, 6.45) is -4.49. The van der Waals surface area contributed by atoms with E-state index in [4.69, 9.17) is 0 Å². The standard InChI is InChI=1S/C19H20F3N3O4S/c1-25(2)17(26)10-11-23-18(27)13-6-8-16(9-7-13)30(28,29)24-15-5-3-4-14(12-15)19(20,21)22/h3-9,12,24H,10-11H2,1-2H3,(H,23,27). The Morgan fingerprint density at radius 2 is 1.67 bits per heavy atom. The minimum absolute atomic E-state index is 0.117. The Bertz CT molecular complexity index is 1020. The first kappa shape index (κ1) is 23.2. The third-order valence-corrected chi connectivity index (χ3v) is 5.39. The first-order valence-electron chi connectivity index (χ1n) is 8.68. The highest BCUT2D eigenvalue weighted by molar-refractivity contribution is 7.92. The van der Waals surface area contributed by atoms with Gasteiger partial charge in [0.15, 0.2) is 0 Å². The first-order valence-corrected chi connectivity index (χ1v) is 10.2. The van der Waals surface area contributed by atoms with Crippen LogP contribution in [0, 0.1) is 0 Å². The summed E-state index contributed by atoms with van der Waals surface area (Å²) in [6.45, 7) is 0.118. The highest BCUT2D eigenvalue weighted by Gasteiger charge is 2.30. The zero-order valence-electron chi connectivity index (χ0n) is 16.2. The quantitative estimate of drug-likeness (QED) is 0.688. The van der Waals surface area contributed by atoms with Gasteiger partial charge in [-0.15, -0.1) is 0 Å². The molecule has 0 aliphatic carbocycles. The number of sulfonamides is 1. The fraction of sp³-hybridized carbons (Fsp3) is 0.263. The maximum atomic E-state index is 12.8. The van der Waals surface area contributed by atoms with E-state index in [0.29, 0.717) is 6.07 Å². The maximum Gasteiger partial charge on any atom is 0.416 e. The van der Waals surface area contributed by atoms with E-state index in [0.717, 1.165) is 24.3 Å². The molecule has 0 saturated carbocycles. The van der Waals surface area contributed by atoms with Crippen LogP contribution >= 0.6 is 0 Å². The van der Waals surface area contributed by atoms with Crippen molar-refractivity contribution in [2.24, 2.45) is 0 Å². The molecular formula is C19H20F3N3O4S. The number of anilines is 1. The molecule has 0 aromatic heterocycles. The zero-order valence-corrected chi connectivity index (χ0v) is 17.0. The van der Waals surface area contributed by atoms with E-state index in [9.17, 15) is 31.2 Å². The largest absolute Gasteiger partial charge is 0.416 e. The number of hydrogen-bond donors (Lipinski definition) is 2. The third-order valence-electron chi connectivity index (χ3n) is 3.99. The Balaban J connectivity index is 2.06. The van der Waals surface area contributed by atoms with Crippen LogP contribution < -0.4 is 10.0 Å². The SMILES string of the molecule is CN(C)C(=O)CCNC(=O)c1ccc(S(=O)(=O)Nc2cccc(C(F)(F)F)c2)cc1. The van der Waals surface area contributed by atoms with E-state index >= 15 is 0 Å². The lowest BCUT2D eigenvalue weighted by Crippen LogP contribution is -2.30. The summed E-state index contributed by atoms with van der Waals surface area (Å²) in [5.41, 5.74) is -1.05. The number of nitrogens with zero attached hydrogens (tertiary/aromatic N) is 1. The molecule has 0 unspecified atom stereocenters. The Morgan fingerprint density at radius 3 is 2.23 bits per heavy atom. The number of amides is 2. The Morgan fingerprint density at radius 1 is 1.03 bits per heavy atom. The van der Waals surface area contributed by atoms with E-state index < -0.39 is 27.7 Å². The molecule has 2 amide bonds. The van der Waals surface area contributed by atoms with Gasteiger partial charge in [0.2, 0.25) is 5.91 Å². The van der Waals surface area contributed by atoms with Crippen LogP contribution in [0.5, 0.6) is 0 Å². The zero-order chi connectivity index (χ0) is 22.5. The van der Waals surface area contributed by atoms with E-state index in [-0.39, 0.29) is 35.0 Å². The van der Waals surface area contributed by atoms with Crippen LogP contribution in [0.4, 0.5) is 18.9 Å². The van der Waals surface area contributed by atoms with Gasteiger partial charge in [0.1, 0.15) is 0 Å². The maximum absolute atomic E-state index is 12.8. The van der Waals surface area contributed by atoms with Gasteiger partial charge in [0.25, 0.3) is 15.9 Å². The van der Waals surface area contributed by atoms with Gasteiger partial charge in [0, 0.05) is 38.3 Å². The summed E-state index contributed by atoms with van der Waals surface area (Å²) < 4.78 is 65.3. The molecule has 2 N–H and O–H groups in total. The first-order chi connectivity index (χ1) is 13.9. The van der Waals surface area contributed by atoms with E-state index in [2.05, 4.69) is 10.0 Å². The van der Waals surface area contributed by atoms with Crippen molar-refractivity contribution in [2.45, 2.75) is 17.5 Å². The molecule has 0 saturated heterocycles. The van der Waals surface area contributed by atoms with Crippen LogP contribution in [0.1, 0.15) is 22.3 Å². The van der Waals surface area contributed by atoms with Crippen LogP contribution in [0.15, 0.2) is 53.4 Å². The minimum Gasteiger partial charge on any atom is -0.352 e. The van der Waals surface area contributed by atoms with Gasteiger partial charge in [0.05, 0.1) is 10.5 Å². The van der Waals surface area contributed by atoms with E-state index in [1.165, 1.54) is 23.1 Å². The number of alkyl halides is 3. The second-order valence-electron chi connectivity index (χ2n) is 6.50. The highest BCUT2D eigenvalue weighted by Crippen LogP contribution is 2.31. The van der Waals surface area contributed by atoms with Crippen molar-refractivity contribution in [1.82, 2.24) is 10.2 Å². The van der Waals surface area contributed by atoms with E-state index in [1.54, 1.807) is 14.1 Å². The molecule has 162 valence electrons.